The van der Waals surface area contributed by atoms with Gasteiger partial charge in [0.05, 0.1) is 19.8 Å². The molecular formula is C10H15ClN4O2. The van der Waals surface area contributed by atoms with Crippen LogP contribution in [-0.2, 0) is 4.74 Å². The summed E-state index contributed by atoms with van der Waals surface area (Å²) in [6.07, 6.45) is 1.70. The molecule has 94 valence electrons. The summed E-state index contributed by atoms with van der Waals surface area (Å²) < 4.78 is 10.3. The van der Waals surface area contributed by atoms with E-state index in [2.05, 4.69) is 26.8 Å². The van der Waals surface area contributed by atoms with E-state index >= 15 is 0 Å². The number of anilines is 1. The summed E-state index contributed by atoms with van der Waals surface area (Å²) in [7, 11) is 1.46. The Balaban J connectivity index is 2.50. The molecule has 0 fully saturated rings. The van der Waals surface area contributed by atoms with E-state index in [-0.39, 0.29) is 17.4 Å². The second kappa shape index (κ2) is 7.03. The Hall–Kier alpha value is -1.40. The topological polar surface area (TPSA) is 69.2 Å². The van der Waals surface area contributed by atoms with Gasteiger partial charge in [-0.1, -0.05) is 6.08 Å². The maximum atomic E-state index is 5.70. The van der Waals surface area contributed by atoms with Gasteiger partial charge >= 0.3 is 6.01 Å². The van der Waals surface area contributed by atoms with Gasteiger partial charge in [0.2, 0.25) is 11.2 Å². The Morgan fingerprint density at radius 1 is 1.47 bits per heavy atom. The van der Waals surface area contributed by atoms with E-state index < -0.39 is 0 Å². The van der Waals surface area contributed by atoms with Crippen molar-refractivity contribution in [1.29, 1.82) is 0 Å². The summed E-state index contributed by atoms with van der Waals surface area (Å²) in [6.45, 7) is 6.56. The molecule has 0 saturated heterocycles. The highest BCUT2D eigenvalue weighted by Crippen LogP contribution is 2.10. The van der Waals surface area contributed by atoms with Crippen LogP contribution in [0, 0.1) is 0 Å². The van der Waals surface area contributed by atoms with Gasteiger partial charge in [-0.2, -0.15) is 15.0 Å². The number of aromatic nitrogens is 3. The van der Waals surface area contributed by atoms with Crippen LogP contribution in [0.5, 0.6) is 6.01 Å². The summed E-state index contributed by atoms with van der Waals surface area (Å²) in [6, 6.07) is 0.173. The Labute approximate surface area is 105 Å². The molecule has 1 aromatic rings. The zero-order valence-electron chi connectivity index (χ0n) is 9.81. The van der Waals surface area contributed by atoms with Crippen LogP contribution in [0.1, 0.15) is 6.92 Å². The molecule has 1 unspecified atom stereocenters. The smallest absolute Gasteiger partial charge is 0.322 e. The van der Waals surface area contributed by atoms with Gasteiger partial charge < -0.3 is 14.8 Å². The fourth-order valence-corrected chi connectivity index (χ4v) is 1.18. The van der Waals surface area contributed by atoms with E-state index in [0.717, 1.165) is 0 Å². The molecule has 0 aromatic carbocycles. The van der Waals surface area contributed by atoms with Gasteiger partial charge in [0, 0.05) is 6.54 Å². The van der Waals surface area contributed by atoms with Gasteiger partial charge in [0.15, 0.2) is 0 Å². The van der Waals surface area contributed by atoms with E-state index in [9.17, 15) is 0 Å². The van der Waals surface area contributed by atoms with Crippen molar-refractivity contribution in [3.63, 3.8) is 0 Å². The molecule has 0 spiro atoms. The maximum absolute atomic E-state index is 5.70. The molecule has 0 radical (unpaired) electrons. The number of hydrogen-bond donors (Lipinski definition) is 1. The first-order valence-electron chi connectivity index (χ1n) is 5.07. The van der Waals surface area contributed by atoms with Gasteiger partial charge in [-0.15, -0.1) is 6.58 Å². The van der Waals surface area contributed by atoms with Gasteiger partial charge in [-0.3, -0.25) is 0 Å². The predicted octanol–water partition coefficient (Wildman–Crippen LogP) is 1.54. The first-order chi connectivity index (χ1) is 8.15. The minimum atomic E-state index is 0.00883. The number of nitrogens with zero attached hydrogens (tertiary/aromatic N) is 3. The highest BCUT2D eigenvalue weighted by atomic mass is 35.5. The van der Waals surface area contributed by atoms with Gasteiger partial charge in [0.25, 0.3) is 0 Å². The molecule has 6 nitrogen and oxygen atoms in total. The summed E-state index contributed by atoms with van der Waals surface area (Å²) in [5, 5.41) is 3.07. The van der Waals surface area contributed by atoms with E-state index in [1.54, 1.807) is 6.08 Å². The lowest BCUT2D eigenvalue weighted by molar-refractivity contribution is 0.0978. The maximum Gasteiger partial charge on any atom is 0.322 e. The lowest BCUT2D eigenvalue weighted by Crippen LogP contribution is -2.21. The lowest BCUT2D eigenvalue weighted by atomic mass is 10.4. The summed E-state index contributed by atoms with van der Waals surface area (Å²) in [5.41, 5.74) is 0. The lowest BCUT2D eigenvalue weighted by Gasteiger charge is -2.12. The number of hydrogen-bond acceptors (Lipinski definition) is 6. The minimum absolute atomic E-state index is 0.00883. The van der Waals surface area contributed by atoms with Crippen LogP contribution in [0.4, 0.5) is 5.95 Å². The predicted molar refractivity (Wildman–Crippen MR) is 65.5 cm³/mol. The van der Waals surface area contributed by atoms with Crippen molar-refractivity contribution in [3.8, 4) is 6.01 Å². The Morgan fingerprint density at radius 2 is 2.24 bits per heavy atom. The van der Waals surface area contributed by atoms with Crippen LogP contribution >= 0.6 is 11.6 Å². The average molecular weight is 259 g/mol. The monoisotopic (exact) mass is 258 g/mol. The van der Waals surface area contributed by atoms with E-state index in [4.69, 9.17) is 21.1 Å². The molecule has 1 heterocycles. The third kappa shape index (κ3) is 4.97. The van der Waals surface area contributed by atoms with E-state index in [1.165, 1.54) is 7.11 Å². The third-order valence-corrected chi connectivity index (χ3v) is 1.99. The molecule has 1 aromatic heterocycles. The van der Waals surface area contributed by atoms with Crippen LogP contribution in [0.2, 0.25) is 5.28 Å². The molecule has 0 aliphatic rings. The fourth-order valence-electron chi connectivity index (χ4n) is 1.03. The van der Waals surface area contributed by atoms with Crippen LogP contribution in [-0.4, -0.2) is 41.3 Å². The van der Waals surface area contributed by atoms with Crippen LogP contribution in [0.25, 0.3) is 0 Å². The SMILES string of the molecule is C=CCOC(C)CNc1nc(Cl)nc(OC)n1. The molecule has 0 amide bonds. The van der Waals surface area contributed by atoms with Crippen molar-refractivity contribution in [3.05, 3.63) is 17.9 Å². The molecule has 17 heavy (non-hydrogen) atoms. The molecule has 0 aliphatic heterocycles. The van der Waals surface area contributed by atoms with Crippen molar-refractivity contribution in [2.24, 2.45) is 0 Å². The Bertz CT molecular complexity index is 375. The number of halogens is 1. The fraction of sp³-hybridized carbons (Fsp3) is 0.500. The van der Waals surface area contributed by atoms with E-state index in [1.807, 2.05) is 6.92 Å². The molecule has 7 heteroatoms. The van der Waals surface area contributed by atoms with Crippen molar-refractivity contribution < 1.29 is 9.47 Å². The summed E-state index contributed by atoms with van der Waals surface area (Å²) in [4.78, 5) is 11.7. The third-order valence-electron chi connectivity index (χ3n) is 1.82. The number of rotatable bonds is 7. The molecular weight excluding hydrogens is 244 g/mol. The Morgan fingerprint density at radius 3 is 2.88 bits per heavy atom. The first kappa shape index (κ1) is 13.7. The van der Waals surface area contributed by atoms with Gasteiger partial charge in [-0.05, 0) is 18.5 Å². The second-order valence-corrected chi connectivity index (χ2v) is 3.57. The first-order valence-corrected chi connectivity index (χ1v) is 5.45. The zero-order valence-corrected chi connectivity index (χ0v) is 10.6. The average Bonchev–Trinajstić information content (AvgIpc) is 2.33. The number of nitrogens with one attached hydrogen (secondary N) is 1. The molecule has 0 aliphatic carbocycles. The summed E-state index contributed by atoms with van der Waals surface area (Å²) >= 11 is 5.70. The van der Waals surface area contributed by atoms with Crippen molar-refractivity contribution in [2.45, 2.75) is 13.0 Å². The quantitative estimate of drug-likeness (QED) is 0.748. The van der Waals surface area contributed by atoms with Crippen molar-refractivity contribution >= 4 is 17.5 Å². The molecule has 0 bridgehead atoms. The normalized spacial score (nSPS) is 11.9. The number of ether oxygens (including phenoxy) is 2. The zero-order chi connectivity index (χ0) is 12.7. The second-order valence-electron chi connectivity index (χ2n) is 3.23. The van der Waals surface area contributed by atoms with Crippen LogP contribution < -0.4 is 10.1 Å². The molecule has 1 N–H and O–H groups in total. The van der Waals surface area contributed by atoms with E-state index in [0.29, 0.717) is 19.1 Å². The van der Waals surface area contributed by atoms with Gasteiger partial charge in [0.1, 0.15) is 0 Å². The standard InChI is InChI=1S/C10H15ClN4O2/c1-4-5-17-7(2)6-12-9-13-8(11)14-10(15-9)16-3/h4,7H,1,5-6H2,2-3H3,(H,12,13,14,15). The van der Waals surface area contributed by atoms with Crippen molar-refractivity contribution in [1.82, 2.24) is 15.0 Å². The minimum Gasteiger partial charge on any atom is -0.467 e. The molecule has 1 atom stereocenters. The largest absolute Gasteiger partial charge is 0.467 e. The van der Waals surface area contributed by atoms with Crippen LogP contribution in [0.3, 0.4) is 0 Å². The number of methoxy groups -OCH3 is 1. The summed E-state index contributed by atoms with van der Waals surface area (Å²) in [5.74, 6) is 0.357. The highest BCUT2D eigenvalue weighted by Gasteiger charge is 2.06. The molecule has 1 rings (SSSR count). The highest BCUT2D eigenvalue weighted by molar-refractivity contribution is 6.28. The van der Waals surface area contributed by atoms with Crippen LogP contribution in [0.15, 0.2) is 12.7 Å². The molecule has 0 saturated carbocycles. The van der Waals surface area contributed by atoms with Gasteiger partial charge in [-0.25, -0.2) is 0 Å². The van der Waals surface area contributed by atoms with Crippen molar-refractivity contribution in [2.75, 3.05) is 25.6 Å². The Kier molecular flexibility index (Phi) is 5.65.